The van der Waals surface area contributed by atoms with Gasteiger partial charge in [-0.3, -0.25) is 14.4 Å². The zero-order valence-corrected chi connectivity index (χ0v) is 28.5. The summed E-state index contributed by atoms with van der Waals surface area (Å²) in [5.74, 6) is -3.69. The second kappa shape index (κ2) is 12.5. The number of rotatable bonds is 8. The van der Waals surface area contributed by atoms with Gasteiger partial charge in [0.25, 0.3) is 6.29 Å². The van der Waals surface area contributed by atoms with Crippen LogP contribution < -0.4 is 5.32 Å². The molecule has 0 spiro atoms. The summed E-state index contributed by atoms with van der Waals surface area (Å²) in [5.41, 5.74) is -3.37. The zero-order valence-electron chi connectivity index (χ0n) is 28.5. The van der Waals surface area contributed by atoms with Crippen LogP contribution in [0.2, 0.25) is 0 Å². The Balaban J connectivity index is 1.65. The fourth-order valence-corrected chi connectivity index (χ4v) is 9.00. The van der Waals surface area contributed by atoms with Crippen molar-refractivity contribution in [3.05, 3.63) is 23.8 Å². The summed E-state index contributed by atoms with van der Waals surface area (Å²) in [6, 6.07) is -1.24. The fourth-order valence-electron chi connectivity index (χ4n) is 9.00. The molecule has 0 aliphatic heterocycles. The largest absolute Gasteiger partial charge is 0.450 e. The van der Waals surface area contributed by atoms with E-state index in [9.17, 15) is 34.2 Å². The van der Waals surface area contributed by atoms with E-state index < -0.39 is 70.2 Å². The van der Waals surface area contributed by atoms with E-state index in [4.69, 9.17) is 14.2 Å². The molecule has 0 saturated heterocycles. The molecule has 10 atom stereocenters. The molecule has 11 heteroatoms. The molecule has 0 heterocycles. The van der Waals surface area contributed by atoms with Gasteiger partial charge in [0.05, 0.1) is 6.10 Å². The van der Waals surface area contributed by atoms with E-state index in [2.05, 4.69) is 12.2 Å². The summed E-state index contributed by atoms with van der Waals surface area (Å²) >= 11 is 0. The Morgan fingerprint density at radius 3 is 2.39 bits per heavy atom. The van der Waals surface area contributed by atoms with Crippen molar-refractivity contribution in [2.75, 3.05) is 0 Å². The normalized spacial score (nSPS) is 36.4. The Kier molecular flexibility index (Phi) is 9.75. The van der Waals surface area contributed by atoms with Gasteiger partial charge in [-0.05, 0) is 82.3 Å². The maximum atomic E-state index is 14.3. The molecule has 3 N–H and O–H groups in total. The van der Waals surface area contributed by atoms with Crippen LogP contribution in [0.4, 0.5) is 4.79 Å². The smallest absolute Gasteiger partial charge is 0.408 e. The van der Waals surface area contributed by atoms with Gasteiger partial charge in [-0.25, -0.2) is 9.59 Å². The molecule has 3 saturated carbocycles. The van der Waals surface area contributed by atoms with Crippen LogP contribution in [0.15, 0.2) is 23.8 Å². The SMILES string of the molecule is CCC(=O)O[C@]1(C(=O)C(O)OC(=O)[C@@H](NC(=O)OC(C)(C)C)C(C)C)CC[C@H]2[C@@H]3CC(C)C4=CC(=O)C=C[C@]4(C)[C@H]3C(O)C[C@@]21C. The summed E-state index contributed by atoms with van der Waals surface area (Å²) in [6.07, 6.45) is 2.34. The molecule has 3 fully saturated rings. The number of allylic oxidation sites excluding steroid dienone is 4. The molecule has 256 valence electrons. The van der Waals surface area contributed by atoms with Gasteiger partial charge >= 0.3 is 18.0 Å². The third-order valence-electron chi connectivity index (χ3n) is 11.0. The Morgan fingerprint density at radius 1 is 1.15 bits per heavy atom. The summed E-state index contributed by atoms with van der Waals surface area (Å²) in [4.78, 5) is 65.2. The minimum atomic E-state index is -2.30. The van der Waals surface area contributed by atoms with Gasteiger partial charge in [-0.15, -0.1) is 0 Å². The lowest BCUT2D eigenvalue weighted by Crippen LogP contribution is -2.64. The Morgan fingerprint density at radius 2 is 1.80 bits per heavy atom. The highest BCUT2D eigenvalue weighted by Gasteiger charge is 2.71. The molecule has 4 rings (SSSR count). The summed E-state index contributed by atoms with van der Waals surface area (Å²) in [5, 5.41) is 25.5. The predicted octanol–water partition coefficient (Wildman–Crippen LogP) is 4.18. The van der Waals surface area contributed by atoms with Crippen molar-refractivity contribution in [3.63, 3.8) is 0 Å². The summed E-state index contributed by atoms with van der Waals surface area (Å²) in [6.45, 7) is 15.9. The van der Waals surface area contributed by atoms with Gasteiger partial charge in [0.15, 0.2) is 11.4 Å². The molecule has 3 unspecified atom stereocenters. The van der Waals surface area contributed by atoms with Crippen molar-refractivity contribution in [1.29, 1.82) is 0 Å². The lowest BCUT2D eigenvalue weighted by Gasteiger charge is -2.61. The third kappa shape index (κ3) is 6.17. The van der Waals surface area contributed by atoms with Gasteiger partial charge < -0.3 is 29.7 Å². The first-order valence-corrected chi connectivity index (χ1v) is 16.5. The van der Waals surface area contributed by atoms with Crippen molar-refractivity contribution in [1.82, 2.24) is 5.32 Å². The van der Waals surface area contributed by atoms with Crippen LogP contribution in [0.3, 0.4) is 0 Å². The fraction of sp³-hybridized carbons (Fsp3) is 0.743. The molecule has 4 aliphatic carbocycles. The highest BCUT2D eigenvalue weighted by atomic mass is 16.6. The number of esters is 2. The number of carbonyl (C=O) groups is 5. The number of Topliss-reactive ketones (excluding diaryl/α,β-unsaturated/α-hetero) is 1. The van der Waals surface area contributed by atoms with Crippen LogP contribution in [-0.2, 0) is 33.4 Å². The van der Waals surface area contributed by atoms with Gasteiger partial charge in [0, 0.05) is 23.2 Å². The molecule has 11 nitrogen and oxygen atoms in total. The van der Waals surface area contributed by atoms with E-state index >= 15 is 0 Å². The van der Waals surface area contributed by atoms with Crippen LogP contribution in [0, 0.1) is 40.4 Å². The second-order valence-electron chi connectivity index (χ2n) is 15.5. The molecule has 4 aliphatic rings. The molecule has 46 heavy (non-hydrogen) atoms. The van der Waals surface area contributed by atoms with Crippen molar-refractivity contribution in [2.24, 2.45) is 40.4 Å². The first-order chi connectivity index (χ1) is 21.2. The molecule has 0 aromatic carbocycles. The Labute approximate surface area is 271 Å². The van der Waals surface area contributed by atoms with E-state index in [1.807, 2.05) is 19.9 Å². The second-order valence-corrected chi connectivity index (χ2v) is 15.5. The number of hydrogen-bond acceptors (Lipinski definition) is 10. The number of aliphatic hydroxyl groups excluding tert-OH is 2. The molecular formula is C35H51NO10. The standard InChI is InChI=1S/C35H51NO10/c1-10-25(39)45-35(28(40)30(42)44-29(41)27(18(2)3)36-31(43)46-32(5,6)7)14-12-22-21-15-19(4)23-16-20(37)11-13-33(23,8)26(21)24(38)17-34(22,35)9/h11,13,16,18-19,21-22,24,26-27,30,38,42H,10,12,14-15,17H2,1-9H3,(H,36,43)/t19?,21-,22-,24?,26+,27-,30?,33-,34-,35-/m0/s1. The number of amides is 1. The van der Waals surface area contributed by atoms with Crippen LogP contribution >= 0.6 is 0 Å². The topological polar surface area (TPSA) is 166 Å². The maximum absolute atomic E-state index is 14.3. The minimum Gasteiger partial charge on any atom is -0.450 e. The molecular weight excluding hydrogens is 594 g/mol. The Bertz CT molecular complexity index is 1330. The maximum Gasteiger partial charge on any atom is 0.408 e. The zero-order chi connectivity index (χ0) is 34.6. The number of carbonyl (C=O) groups excluding carboxylic acids is 5. The lowest BCUT2D eigenvalue weighted by molar-refractivity contribution is -0.215. The highest BCUT2D eigenvalue weighted by molar-refractivity contribution is 6.01. The van der Waals surface area contributed by atoms with Crippen LogP contribution in [-0.4, -0.2) is 69.4 Å². The average molecular weight is 646 g/mol. The third-order valence-corrected chi connectivity index (χ3v) is 11.0. The molecule has 0 bridgehead atoms. The lowest BCUT2D eigenvalue weighted by atomic mass is 9.44. The van der Waals surface area contributed by atoms with Gasteiger partial charge in [-0.1, -0.05) is 53.2 Å². The molecule has 0 aromatic rings. The van der Waals surface area contributed by atoms with Crippen LogP contribution in [0.25, 0.3) is 0 Å². The number of aliphatic hydroxyl groups is 2. The molecule has 1 amide bonds. The minimum absolute atomic E-state index is 0.0302. The quantitative estimate of drug-likeness (QED) is 0.198. The van der Waals surface area contributed by atoms with Crippen LogP contribution in [0.1, 0.15) is 94.4 Å². The molecule has 0 aromatic heterocycles. The van der Waals surface area contributed by atoms with Crippen molar-refractivity contribution < 1.29 is 48.4 Å². The number of ether oxygens (including phenoxy) is 3. The number of nitrogens with one attached hydrogen (secondary N) is 1. The summed E-state index contributed by atoms with van der Waals surface area (Å²) in [7, 11) is 0. The van der Waals surface area contributed by atoms with Crippen molar-refractivity contribution in [3.8, 4) is 0 Å². The van der Waals surface area contributed by atoms with Crippen molar-refractivity contribution in [2.45, 2.75) is 124 Å². The van der Waals surface area contributed by atoms with E-state index in [1.54, 1.807) is 53.7 Å². The van der Waals surface area contributed by atoms with E-state index in [-0.39, 0.29) is 48.7 Å². The first-order valence-electron chi connectivity index (χ1n) is 16.5. The number of hydrogen-bond donors (Lipinski definition) is 3. The first kappa shape index (κ1) is 35.8. The summed E-state index contributed by atoms with van der Waals surface area (Å²) < 4.78 is 16.5. The van der Waals surface area contributed by atoms with E-state index in [0.717, 1.165) is 5.57 Å². The van der Waals surface area contributed by atoms with Crippen molar-refractivity contribution >= 4 is 29.6 Å². The average Bonchev–Trinajstić information content (AvgIpc) is 3.22. The number of fused-ring (bicyclic) bond motifs is 5. The predicted molar refractivity (Wildman–Crippen MR) is 167 cm³/mol. The molecule has 0 radical (unpaired) electrons. The van der Waals surface area contributed by atoms with Gasteiger partial charge in [-0.2, -0.15) is 0 Å². The number of ketones is 2. The van der Waals surface area contributed by atoms with Gasteiger partial charge in [0.2, 0.25) is 5.78 Å². The number of alkyl carbamates (subject to hydrolysis) is 1. The monoisotopic (exact) mass is 645 g/mol. The highest BCUT2D eigenvalue weighted by Crippen LogP contribution is 2.68. The van der Waals surface area contributed by atoms with Gasteiger partial charge in [0.1, 0.15) is 11.6 Å². The van der Waals surface area contributed by atoms with Crippen LogP contribution in [0.5, 0.6) is 0 Å². The Hall–Kier alpha value is -3.05. The van der Waals surface area contributed by atoms with E-state index in [1.165, 1.54) is 0 Å². The van der Waals surface area contributed by atoms with E-state index in [0.29, 0.717) is 12.8 Å².